The predicted molar refractivity (Wildman–Crippen MR) is 79.6 cm³/mol. The predicted octanol–water partition coefficient (Wildman–Crippen LogP) is 0.476. The minimum atomic E-state index is -0.372. The van der Waals surface area contributed by atoms with Crippen molar-refractivity contribution in [2.45, 2.75) is 25.1 Å². The monoisotopic (exact) mass is 310 g/mol. The fraction of sp³-hybridized carbons (Fsp3) is 0.538. The van der Waals surface area contributed by atoms with Crippen LogP contribution >= 0.6 is 11.8 Å². The van der Waals surface area contributed by atoms with E-state index in [-0.39, 0.29) is 22.9 Å². The van der Waals surface area contributed by atoms with E-state index >= 15 is 0 Å². The molecular formula is C13H18N4O3S. The largest absolute Gasteiger partial charge is 0.468 e. The number of ether oxygens (including phenoxy) is 1. The fourth-order valence-corrected chi connectivity index (χ4v) is 3.03. The van der Waals surface area contributed by atoms with Crippen LogP contribution < -0.4 is 5.32 Å². The third kappa shape index (κ3) is 4.68. The molecule has 1 aromatic heterocycles. The summed E-state index contributed by atoms with van der Waals surface area (Å²) in [5.74, 6) is -0.372. The van der Waals surface area contributed by atoms with Crippen LogP contribution in [0.1, 0.15) is 19.0 Å². The van der Waals surface area contributed by atoms with Crippen molar-refractivity contribution in [1.29, 1.82) is 0 Å². The molecule has 114 valence electrons. The molecule has 0 spiro atoms. The molecule has 0 bridgehead atoms. The summed E-state index contributed by atoms with van der Waals surface area (Å²) in [6, 6.07) is 0. The highest BCUT2D eigenvalue weighted by molar-refractivity contribution is 8.14. The highest BCUT2D eigenvalue weighted by Gasteiger charge is 2.21. The highest BCUT2D eigenvalue weighted by atomic mass is 32.2. The number of hydrogen-bond donors (Lipinski definition) is 1. The van der Waals surface area contributed by atoms with E-state index < -0.39 is 0 Å². The van der Waals surface area contributed by atoms with Crippen LogP contribution in [0.2, 0.25) is 0 Å². The van der Waals surface area contributed by atoms with Crippen molar-refractivity contribution in [2.75, 3.05) is 20.2 Å². The van der Waals surface area contributed by atoms with E-state index in [9.17, 15) is 9.59 Å². The maximum absolute atomic E-state index is 11.3. The molecule has 0 amide bonds. The quantitative estimate of drug-likeness (QED) is 0.809. The van der Waals surface area contributed by atoms with E-state index in [0.29, 0.717) is 5.69 Å². The lowest BCUT2D eigenvalue weighted by Gasteiger charge is -2.24. The molecule has 8 heteroatoms. The molecule has 2 rings (SSSR count). The van der Waals surface area contributed by atoms with Gasteiger partial charge in [0.15, 0.2) is 5.12 Å². The zero-order valence-corrected chi connectivity index (χ0v) is 12.9. The molecule has 1 fully saturated rings. The summed E-state index contributed by atoms with van der Waals surface area (Å²) < 4.78 is 6.01. The summed E-state index contributed by atoms with van der Waals surface area (Å²) in [6.45, 7) is 3.25. The van der Waals surface area contributed by atoms with Gasteiger partial charge in [-0.05, 0) is 24.6 Å². The SMILES string of the molecule is COC(=O)Cn1cc(/C=C2\CNCCC2SC(C)=O)nn1. The Morgan fingerprint density at radius 3 is 3.14 bits per heavy atom. The number of carbonyl (C=O) groups is 2. The van der Waals surface area contributed by atoms with Crippen LogP contribution in [0.15, 0.2) is 11.8 Å². The van der Waals surface area contributed by atoms with Crippen molar-refractivity contribution in [3.8, 4) is 0 Å². The Hall–Kier alpha value is -1.67. The van der Waals surface area contributed by atoms with Gasteiger partial charge in [-0.2, -0.15) is 0 Å². The van der Waals surface area contributed by atoms with Gasteiger partial charge in [-0.15, -0.1) is 5.10 Å². The Bertz CT molecular complexity index is 555. The Balaban J connectivity index is 2.09. The van der Waals surface area contributed by atoms with E-state index in [1.807, 2.05) is 6.08 Å². The highest BCUT2D eigenvalue weighted by Crippen LogP contribution is 2.26. The van der Waals surface area contributed by atoms with Gasteiger partial charge in [0.1, 0.15) is 12.2 Å². The summed E-state index contributed by atoms with van der Waals surface area (Å²) in [6.07, 6.45) is 4.52. The first kappa shape index (κ1) is 15.7. The van der Waals surface area contributed by atoms with Crippen LogP contribution in [0.25, 0.3) is 6.08 Å². The lowest BCUT2D eigenvalue weighted by Crippen LogP contribution is -2.32. The molecule has 1 unspecified atom stereocenters. The molecule has 0 radical (unpaired) electrons. The van der Waals surface area contributed by atoms with Gasteiger partial charge in [-0.3, -0.25) is 9.59 Å². The summed E-state index contributed by atoms with van der Waals surface area (Å²) in [5.41, 5.74) is 1.79. The maximum atomic E-state index is 11.3. The second-order valence-corrected chi connectivity index (χ2v) is 6.08. The van der Waals surface area contributed by atoms with Gasteiger partial charge in [0.25, 0.3) is 0 Å². The van der Waals surface area contributed by atoms with E-state index in [0.717, 1.165) is 25.1 Å². The third-order valence-electron chi connectivity index (χ3n) is 3.04. The van der Waals surface area contributed by atoms with Crippen LogP contribution in [0.5, 0.6) is 0 Å². The summed E-state index contributed by atoms with van der Waals surface area (Å²) in [7, 11) is 1.33. The average Bonchev–Trinajstić information content (AvgIpc) is 2.87. The number of hydrogen-bond acceptors (Lipinski definition) is 7. The lowest BCUT2D eigenvalue weighted by molar-refractivity contribution is -0.141. The van der Waals surface area contributed by atoms with E-state index in [4.69, 9.17) is 0 Å². The number of aromatic nitrogens is 3. The van der Waals surface area contributed by atoms with Crippen LogP contribution in [0, 0.1) is 0 Å². The van der Waals surface area contributed by atoms with Gasteiger partial charge in [0.2, 0.25) is 0 Å². The number of rotatable bonds is 4. The van der Waals surface area contributed by atoms with Crippen molar-refractivity contribution >= 4 is 28.9 Å². The molecule has 0 aromatic carbocycles. The zero-order chi connectivity index (χ0) is 15.2. The Morgan fingerprint density at radius 1 is 1.62 bits per heavy atom. The minimum Gasteiger partial charge on any atom is -0.468 e. The van der Waals surface area contributed by atoms with Gasteiger partial charge in [0.05, 0.1) is 13.3 Å². The van der Waals surface area contributed by atoms with Crippen LogP contribution in [0.4, 0.5) is 0 Å². The van der Waals surface area contributed by atoms with E-state index in [1.54, 1.807) is 13.1 Å². The molecule has 1 aliphatic rings. The number of methoxy groups -OCH3 is 1. The Kier molecular flexibility index (Phi) is 5.51. The number of nitrogens with one attached hydrogen (secondary N) is 1. The second kappa shape index (κ2) is 7.37. The van der Waals surface area contributed by atoms with Crippen LogP contribution in [0.3, 0.4) is 0 Å². The first-order valence-corrected chi connectivity index (χ1v) is 7.52. The number of thioether (sulfide) groups is 1. The molecule has 1 N–H and O–H groups in total. The van der Waals surface area contributed by atoms with Crippen molar-refractivity contribution in [3.05, 3.63) is 17.5 Å². The molecule has 7 nitrogen and oxygen atoms in total. The lowest BCUT2D eigenvalue weighted by atomic mass is 10.1. The number of carbonyl (C=O) groups excluding carboxylic acids is 2. The molecule has 1 saturated heterocycles. The fourth-order valence-electron chi connectivity index (χ4n) is 2.09. The van der Waals surface area contributed by atoms with Crippen molar-refractivity contribution in [2.24, 2.45) is 0 Å². The average molecular weight is 310 g/mol. The normalized spacial score (nSPS) is 20.5. The Morgan fingerprint density at radius 2 is 2.43 bits per heavy atom. The van der Waals surface area contributed by atoms with Gasteiger partial charge in [-0.25, -0.2) is 4.68 Å². The number of piperidine rings is 1. The molecule has 2 heterocycles. The Labute approximate surface area is 127 Å². The minimum absolute atomic E-state index is 0.0382. The van der Waals surface area contributed by atoms with Crippen molar-refractivity contribution in [1.82, 2.24) is 20.3 Å². The molecular weight excluding hydrogens is 292 g/mol. The van der Waals surface area contributed by atoms with Crippen LogP contribution in [-0.4, -0.2) is 51.5 Å². The van der Waals surface area contributed by atoms with Crippen molar-refractivity contribution < 1.29 is 14.3 Å². The van der Waals surface area contributed by atoms with Gasteiger partial charge in [-0.1, -0.05) is 17.0 Å². The third-order valence-corrected chi connectivity index (χ3v) is 4.20. The van der Waals surface area contributed by atoms with Gasteiger partial charge in [0, 0.05) is 18.7 Å². The smallest absolute Gasteiger partial charge is 0.327 e. The zero-order valence-electron chi connectivity index (χ0n) is 12.0. The molecule has 1 atom stereocenters. The topological polar surface area (TPSA) is 86.1 Å². The van der Waals surface area contributed by atoms with E-state index in [1.165, 1.54) is 23.6 Å². The molecule has 1 aromatic rings. The van der Waals surface area contributed by atoms with Crippen LogP contribution in [-0.2, 0) is 20.9 Å². The first-order valence-electron chi connectivity index (χ1n) is 6.64. The summed E-state index contributed by atoms with van der Waals surface area (Å²) in [4.78, 5) is 22.5. The van der Waals surface area contributed by atoms with Gasteiger partial charge < -0.3 is 10.1 Å². The van der Waals surface area contributed by atoms with Gasteiger partial charge >= 0.3 is 5.97 Å². The molecule has 1 aliphatic heterocycles. The molecule has 21 heavy (non-hydrogen) atoms. The number of nitrogens with zero attached hydrogens (tertiary/aromatic N) is 3. The summed E-state index contributed by atoms with van der Waals surface area (Å²) in [5, 5.41) is 11.5. The standard InChI is InChI=1S/C13H18N4O3S/c1-9(18)21-12-3-4-14-6-10(12)5-11-7-17(16-15-11)8-13(19)20-2/h5,7,12,14H,3-4,6,8H2,1-2H3/b10-5+. The second-order valence-electron chi connectivity index (χ2n) is 4.70. The molecule has 0 aliphatic carbocycles. The van der Waals surface area contributed by atoms with Crippen molar-refractivity contribution in [3.63, 3.8) is 0 Å². The van der Waals surface area contributed by atoms with E-state index in [2.05, 4.69) is 20.4 Å². The maximum Gasteiger partial charge on any atom is 0.327 e. The summed E-state index contributed by atoms with van der Waals surface area (Å²) >= 11 is 1.35. The molecule has 0 saturated carbocycles. The number of esters is 1. The first-order chi connectivity index (χ1) is 10.1.